The van der Waals surface area contributed by atoms with Gasteiger partial charge in [0.05, 0.1) is 7.05 Å². The number of hydrogen-bond acceptors (Lipinski definition) is 3. The van der Waals surface area contributed by atoms with Crippen LogP contribution in [0.2, 0.25) is 0 Å². The van der Waals surface area contributed by atoms with Gasteiger partial charge in [-0.1, -0.05) is 0 Å². The van der Waals surface area contributed by atoms with Crippen LogP contribution in [0.1, 0.15) is 0 Å². The Kier molecular flexibility index (Phi) is 15.6. The fraction of sp³-hybridized carbons (Fsp3) is 1.00. The minimum atomic E-state index is -2.26. The van der Waals surface area contributed by atoms with E-state index < -0.39 is 11.4 Å². The molecule has 3 N–H and O–H groups in total. The van der Waals surface area contributed by atoms with Crippen LogP contribution in [0.15, 0.2) is 0 Å². The van der Waals surface area contributed by atoms with E-state index in [-0.39, 0.29) is 26.2 Å². The van der Waals surface area contributed by atoms with Crippen molar-refractivity contribution in [2.45, 2.75) is 0 Å². The van der Waals surface area contributed by atoms with E-state index in [1.54, 1.807) is 7.05 Å². The van der Waals surface area contributed by atoms with Gasteiger partial charge in [-0.05, 0) is 0 Å². The molecule has 0 amide bonds. The van der Waals surface area contributed by atoms with E-state index in [0.29, 0.717) is 0 Å². The predicted molar refractivity (Wildman–Crippen MR) is 24.6 cm³/mol. The molecule has 0 bridgehead atoms. The molecule has 1 unspecified atom stereocenters. The number of quaternary nitrogens is 1. The van der Waals surface area contributed by atoms with Crippen molar-refractivity contribution in [3.05, 3.63) is 0 Å². The van der Waals surface area contributed by atoms with E-state index in [4.69, 9.17) is 0 Å². The molecular weight excluding hydrogens is 313 g/mol. The molecule has 0 saturated carbocycles. The van der Waals surface area contributed by atoms with Gasteiger partial charge in [0, 0.05) is 0 Å². The van der Waals surface area contributed by atoms with Crippen molar-refractivity contribution >= 4 is 37.6 Å². The molecule has 0 saturated heterocycles. The first-order valence-electron chi connectivity index (χ1n) is 1.41. The van der Waals surface area contributed by atoms with Gasteiger partial charge in [0.1, 0.15) is 0 Å². The molecule has 0 aliphatic carbocycles. The van der Waals surface area contributed by atoms with Crippen LogP contribution < -0.4 is 5.73 Å². The summed E-state index contributed by atoms with van der Waals surface area (Å²) in [5.74, 6) is 0. The first kappa shape index (κ1) is 10.8. The second kappa shape index (κ2) is 10.0. The van der Waals surface area contributed by atoms with E-state index in [9.17, 15) is 8.76 Å². The fourth-order valence-corrected chi connectivity index (χ4v) is 0. The first-order valence-corrected chi connectivity index (χ1v) is 4.00. The summed E-state index contributed by atoms with van der Waals surface area (Å²) >= 11 is -2.00. The molecule has 6 heteroatoms. The molecule has 7 heavy (non-hydrogen) atoms. The van der Waals surface area contributed by atoms with Crippen LogP contribution in [0.5, 0.6) is 0 Å². The van der Waals surface area contributed by atoms with Gasteiger partial charge in [0.15, 0.2) is 0 Å². The van der Waals surface area contributed by atoms with Gasteiger partial charge in [0.2, 0.25) is 0 Å². The average molecular weight is 319 g/mol. The molecule has 0 heterocycles. The van der Waals surface area contributed by atoms with Crippen LogP contribution in [0, 0.1) is 0 Å². The predicted octanol–water partition coefficient (Wildman–Crippen LogP) is -2.26. The average Bonchev–Trinajstić information content (AvgIpc) is 1.73. The van der Waals surface area contributed by atoms with Gasteiger partial charge in [-0.3, -0.25) is 0 Å². The van der Waals surface area contributed by atoms with Crippen LogP contribution in [0.4, 0.5) is 0 Å². The zero-order valence-corrected chi connectivity index (χ0v) is 8.54. The standard InChI is InChI=1S/CH5N.H2O3S.Pb/c1-2;1-4(2)3;/h2H2,1H3;(H2,1,2,3);/q;;+1/p-1. The molecule has 4 nitrogen and oxygen atoms in total. The number of hydrogen-bond donors (Lipinski definition) is 1. The SMILES string of the molecule is C[NH3+].O=S([O-])[O][Pb]. The number of rotatable bonds is 1. The van der Waals surface area contributed by atoms with Crippen LogP contribution in [0.25, 0.3) is 0 Å². The quantitative estimate of drug-likeness (QED) is 0.438. The third-order valence-corrected chi connectivity index (χ3v) is 1.79. The topological polar surface area (TPSA) is 77.0 Å². The summed E-state index contributed by atoms with van der Waals surface area (Å²) in [6.07, 6.45) is 0. The van der Waals surface area contributed by atoms with E-state index in [1.807, 2.05) is 0 Å². The maximum atomic E-state index is 9.18. The summed E-state index contributed by atoms with van der Waals surface area (Å²) in [6, 6.07) is 0. The third-order valence-electron chi connectivity index (χ3n) is 0.0680. The zero-order chi connectivity index (χ0) is 6.28. The molecule has 3 radical (unpaired) electrons. The summed E-state index contributed by atoms with van der Waals surface area (Å²) in [5, 5.41) is 0. The van der Waals surface area contributed by atoms with Gasteiger partial charge in [-0.2, -0.15) is 0 Å². The molecule has 0 aromatic carbocycles. The Morgan fingerprint density at radius 3 is 2.00 bits per heavy atom. The monoisotopic (exact) mass is 320 g/mol. The maximum absolute atomic E-state index is 9.18. The van der Waals surface area contributed by atoms with Crippen molar-refractivity contribution in [1.82, 2.24) is 0 Å². The van der Waals surface area contributed by atoms with Crippen molar-refractivity contribution < 1.29 is 16.6 Å². The second-order valence-electron chi connectivity index (χ2n) is 0.287. The van der Waals surface area contributed by atoms with Crippen molar-refractivity contribution in [3.63, 3.8) is 0 Å². The summed E-state index contributed by atoms with van der Waals surface area (Å²) < 4.78 is 22.2. The molecule has 0 fully saturated rings. The van der Waals surface area contributed by atoms with Gasteiger partial charge < -0.3 is 5.73 Å². The van der Waals surface area contributed by atoms with Gasteiger partial charge >= 0.3 is 48.5 Å². The fourth-order valence-electron chi connectivity index (χ4n) is 0. The molecule has 1 atom stereocenters. The van der Waals surface area contributed by atoms with Crippen molar-refractivity contribution in [3.8, 4) is 0 Å². The third kappa shape index (κ3) is 19.6. The van der Waals surface area contributed by atoms with E-state index in [2.05, 4.69) is 7.87 Å². The molecule has 0 rings (SSSR count). The van der Waals surface area contributed by atoms with Crippen molar-refractivity contribution in [1.29, 1.82) is 0 Å². The van der Waals surface area contributed by atoms with Crippen LogP contribution in [0.3, 0.4) is 0 Å². The van der Waals surface area contributed by atoms with Crippen molar-refractivity contribution in [2.75, 3.05) is 7.05 Å². The summed E-state index contributed by atoms with van der Waals surface area (Å²) in [7, 11) is 1.75. The van der Waals surface area contributed by atoms with Gasteiger partial charge in [-0.25, -0.2) is 0 Å². The molecule has 43 valence electrons. The Morgan fingerprint density at radius 1 is 1.86 bits per heavy atom. The van der Waals surface area contributed by atoms with Crippen molar-refractivity contribution in [2.24, 2.45) is 0 Å². The Morgan fingerprint density at radius 2 is 2.00 bits per heavy atom. The summed E-state index contributed by atoms with van der Waals surface area (Å²) in [5.41, 5.74) is 3.25. The summed E-state index contributed by atoms with van der Waals surface area (Å²) in [4.78, 5) is 0. The van der Waals surface area contributed by atoms with E-state index in [0.717, 1.165) is 0 Å². The molecule has 0 aromatic heterocycles. The van der Waals surface area contributed by atoms with Gasteiger partial charge in [-0.15, -0.1) is 0 Å². The molecular formula is CH6NO3PbS. The first-order chi connectivity index (χ1) is 3.27. The Balaban J connectivity index is 0. The van der Waals surface area contributed by atoms with Crippen LogP contribution >= 0.6 is 0 Å². The van der Waals surface area contributed by atoms with E-state index in [1.165, 1.54) is 0 Å². The Hall–Kier alpha value is 0.952. The van der Waals surface area contributed by atoms with Crippen LogP contribution in [-0.4, -0.2) is 42.0 Å². The minimum absolute atomic E-state index is 0.261. The van der Waals surface area contributed by atoms with E-state index >= 15 is 0 Å². The molecule has 0 aromatic rings. The molecule has 0 spiro atoms. The van der Waals surface area contributed by atoms with Gasteiger partial charge in [0.25, 0.3) is 0 Å². The molecule has 0 aliphatic rings. The zero-order valence-electron chi connectivity index (χ0n) is 3.84. The normalized spacial score (nSPS) is 11.4. The second-order valence-corrected chi connectivity index (χ2v) is 2.81. The van der Waals surface area contributed by atoms with Crippen LogP contribution in [-0.2, 0) is 13.5 Å². The Bertz CT molecular complexity index is 50.2. The summed E-state index contributed by atoms with van der Waals surface area (Å²) in [6.45, 7) is 0. The Labute approximate surface area is 61.2 Å². The molecule has 0 aliphatic heterocycles.